The van der Waals surface area contributed by atoms with Gasteiger partial charge in [0, 0.05) is 17.1 Å². The normalized spacial score (nSPS) is 24.6. The molecule has 2 N–H and O–H groups in total. The van der Waals surface area contributed by atoms with Crippen LogP contribution in [-0.4, -0.2) is 31.8 Å². The van der Waals surface area contributed by atoms with Crippen molar-refractivity contribution in [2.24, 2.45) is 11.1 Å². The average molecular weight is 377 g/mol. The number of hydrogen-bond acceptors (Lipinski definition) is 3. The van der Waals surface area contributed by atoms with Gasteiger partial charge >= 0.3 is 0 Å². The molecule has 0 aromatic heterocycles. The fraction of sp³-hybridized carbons (Fsp3) is 0.462. The highest BCUT2D eigenvalue weighted by atomic mass is 79.9. The standard InChI is InChI=1S/C13H14BrFN2O3S/c14-10-5-11(15)9(4-12(10)21(16,19)20)13(18)17-6-7-1-2-8(17)3-7/h4-5,7-8H,1-3,6H2,(H2,16,19,20). The van der Waals surface area contributed by atoms with E-state index in [1.807, 2.05) is 0 Å². The number of nitrogens with two attached hydrogens (primary N) is 1. The minimum absolute atomic E-state index is 0.0157. The molecule has 1 saturated carbocycles. The maximum Gasteiger partial charge on any atom is 0.257 e. The number of benzene rings is 1. The number of carbonyl (C=O) groups excluding carboxylic acids is 1. The summed E-state index contributed by atoms with van der Waals surface area (Å²) in [4.78, 5) is 13.8. The Kier molecular flexibility index (Phi) is 3.58. The van der Waals surface area contributed by atoms with Crippen molar-refractivity contribution >= 4 is 31.9 Å². The van der Waals surface area contributed by atoms with Gasteiger partial charge in [0.25, 0.3) is 5.91 Å². The molecule has 0 spiro atoms. The lowest BCUT2D eigenvalue weighted by Gasteiger charge is -2.27. The summed E-state index contributed by atoms with van der Waals surface area (Å²) < 4.78 is 37.0. The molecular weight excluding hydrogens is 363 g/mol. The van der Waals surface area contributed by atoms with Gasteiger partial charge in [-0.15, -0.1) is 0 Å². The quantitative estimate of drug-likeness (QED) is 0.855. The molecule has 2 aliphatic rings. The van der Waals surface area contributed by atoms with Crippen LogP contribution in [0.25, 0.3) is 0 Å². The lowest BCUT2D eigenvalue weighted by molar-refractivity contribution is 0.0698. The van der Waals surface area contributed by atoms with Gasteiger partial charge in [-0.25, -0.2) is 17.9 Å². The van der Waals surface area contributed by atoms with Crippen molar-refractivity contribution in [1.82, 2.24) is 4.90 Å². The number of nitrogens with zero attached hydrogens (tertiary/aromatic N) is 1. The van der Waals surface area contributed by atoms with E-state index in [1.165, 1.54) is 0 Å². The summed E-state index contributed by atoms with van der Waals surface area (Å²) in [6.07, 6.45) is 2.97. The minimum atomic E-state index is -4.02. The van der Waals surface area contributed by atoms with Crippen LogP contribution in [-0.2, 0) is 10.0 Å². The van der Waals surface area contributed by atoms with Crippen molar-refractivity contribution in [1.29, 1.82) is 0 Å². The van der Waals surface area contributed by atoms with Crippen molar-refractivity contribution in [2.75, 3.05) is 6.54 Å². The van der Waals surface area contributed by atoms with Crippen LogP contribution in [0.5, 0.6) is 0 Å². The number of halogens is 2. The summed E-state index contributed by atoms with van der Waals surface area (Å²) >= 11 is 2.96. The predicted octanol–water partition coefficient (Wildman–Crippen LogP) is 1.86. The van der Waals surface area contributed by atoms with E-state index in [-0.39, 0.29) is 21.0 Å². The van der Waals surface area contributed by atoms with Crippen LogP contribution in [0.2, 0.25) is 0 Å². The van der Waals surface area contributed by atoms with Gasteiger partial charge in [0.1, 0.15) is 5.82 Å². The second kappa shape index (κ2) is 5.03. The molecule has 0 radical (unpaired) electrons. The molecule has 1 saturated heterocycles. The Morgan fingerprint density at radius 1 is 1.38 bits per heavy atom. The van der Waals surface area contributed by atoms with Gasteiger partial charge in [0.2, 0.25) is 10.0 Å². The van der Waals surface area contributed by atoms with E-state index in [4.69, 9.17) is 5.14 Å². The molecule has 5 nitrogen and oxygen atoms in total. The van der Waals surface area contributed by atoms with Gasteiger partial charge in [0.05, 0.1) is 10.5 Å². The van der Waals surface area contributed by atoms with Crippen molar-refractivity contribution in [3.8, 4) is 0 Å². The van der Waals surface area contributed by atoms with Crippen LogP contribution in [0.1, 0.15) is 29.6 Å². The molecule has 8 heteroatoms. The Bertz CT molecular complexity index is 722. The third-order valence-electron chi connectivity index (χ3n) is 4.23. The Balaban J connectivity index is 2.00. The highest BCUT2D eigenvalue weighted by Gasteiger charge is 2.41. The lowest BCUT2D eigenvalue weighted by atomic mass is 10.1. The molecular formula is C13H14BrFN2O3S. The Labute approximate surface area is 130 Å². The van der Waals surface area contributed by atoms with E-state index in [1.54, 1.807) is 4.90 Å². The molecule has 3 rings (SSSR count). The topological polar surface area (TPSA) is 80.5 Å². The molecule has 21 heavy (non-hydrogen) atoms. The predicted molar refractivity (Wildman–Crippen MR) is 77.6 cm³/mol. The number of rotatable bonds is 2. The molecule has 2 bridgehead atoms. The van der Waals surface area contributed by atoms with E-state index in [2.05, 4.69) is 15.9 Å². The Hall–Kier alpha value is -0.990. The van der Waals surface area contributed by atoms with Crippen LogP contribution in [0, 0.1) is 11.7 Å². The van der Waals surface area contributed by atoms with E-state index in [0.29, 0.717) is 12.5 Å². The van der Waals surface area contributed by atoms with Crippen LogP contribution in [0.4, 0.5) is 4.39 Å². The zero-order valence-electron chi connectivity index (χ0n) is 11.1. The molecule has 1 heterocycles. The molecule has 1 aromatic rings. The van der Waals surface area contributed by atoms with Gasteiger partial charge in [0.15, 0.2) is 0 Å². The molecule has 1 amide bonds. The van der Waals surface area contributed by atoms with E-state index in [0.717, 1.165) is 31.4 Å². The van der Waals surface area contributed by atoms with Gasteiger partial charge in [-0.05, 0) is 53.2 Å². The number of likely N-dealkylation sites (tertiary alicyclic amines) is 1. The zero-order chi connectivity index (χ0) is 15.4. The smallest absolute Gasteiger partial charge is 0.257 e. The second-order valence-corrected chi connectivity index (χ2v) is 7.98. The minimum Gasteiger partial charge on any atom is -0.335 e. The van der Waals surface area contributed by atoms with Gasteiger partial charge in [-0.2, -0.15) is 0 Å². The van der Waals surface area contributed by atoms with Gasteiger partial charge < -0.3 is 4.90 Å². The highest BCUT2D eigenvalue weighted by Crippen LogP contribution is 2.38. The second-order valence-electron chi connectivity index (χ2n) is 5.60. The van der Waals surface area contributed by atoms with Gasteiger partial charge in [-0.3, -0.25) is 4.79 Å². The zero-order valence-corrected chi connectivity index (χ0v) is 13.5. The van der Waals surface area contributed by atoms with E-state index >= 15 is 0 Å². The lowest BCUT2D eigenvalue weighted by Crippen LogP contribution is -2.38. The first-order chi connectivity index (χ1) is 9.77. The van der Waals surface area contributed by atoms with Crippen LogP contribution in [0.3, 0.4) is 0 Å². The molecule has 2 atom stereocenters. The molecule has 2 fully saturated rings. The summed E-state index contributed by atoms with van der Waals surface area (Å²) in [7, 11) is -4.02. The van der Waals surface area contributed by atoms with E-state index in [9.17, 15) is 17.6 Å². The van der Waals surface area contributed by atoms with Gasteiger partial charge in [-0.1, -0.05) is 0 Å². The number of primary sulfonamides is 1. The third kappa shape index (κ3) is 2.60. The SMILES string of the molecule is NS(=O)(=O)c1cc(C(=O)N2CC3CCC2C3)c(F)cc1Br. The summed E-state index contributed by atoms with van der Waals surface area (Å²) in [5.41, 5.74) is -0.241. The first-order valence-corrected chi connectivity index (χ1v) is 8.94. The number of carbonyl (C=O) groups is 1. The Morgan fingerprint density at radius 3 is 2.62 bits per heavy atom. The van der Waals surface area contributed by atoms with Crippen LogP contribution in [0.15, 0.2) is 21.5 Å². The van der Waals surface area contributed by atoms with Crippen molar-refractivity contribution in [3.63, 3.8) is 0 Å². The first-order valence-electron chi connectivity index (χ1n) is 6.60. The number of fused-ring (bicyclic) bond motifs is 2. The monoisotopic (exact) mass is 376 g/mol. The number of sulfonamides is 1. The fourth-order valence-corrected chi connectivity index (χ4v) is 4.84. The van der Waals surface area contributed by atoms with Crippen LogP contribution < -0.4 is 5.14 Å². The van der Waals surface area contributed by atoms with Crippen molar-refractivity contribution in [2.45, 2.75) is 30.2 Å². The highest BCUT2D eigenvalue weighted by molar-refractivity contribution is 9.10. The Morgan fingerprint density at radius 2 is 2.10 bits per heavy atom. The average Bonchev–Trinajstić information content (AvgIpc) is 2.98. The first kappa shape index (κ1) is 14.9. The summed E-state index contributed by atoms with van der Waals surface area (Å²) in [6, 6.07) is 2.13. The van der Waals surface area contributed by atoms with Crippen molar-refractivity contribution in [3.05, 3.63) is 28.0 Å². The molecule has 1 aliphatic heterocycles. The number of hydrogen-bond donors (Lipinski definition) is 1. The van der Waals surface area contributed by atoms with E-state index < -0.39 is 21.7 Å². The molecule has 1 aromatic carbocycles. The largest absolute Gasteiger partial charge is 0.335 e. The maximum atomic E-state index is 14.1. The van der Waals surface area contributed by atoms with Crippen LogP contribution >= 0.6 is 15.9 Å². The summed E-state index contributed by atoms with van der Waals surface area (Å²) in [6.45, 7) is 0.615. The summed E-state index contributed by atoms with van der Waals surface area (Å²) in [5.74, 6) is -0.727. The number of amides is 1. The molecule has 1 aliphatic carbocycles. The third-order valence-corrected chi connectivity index (χ3v) is 6.10. The molecule has 114 valence electrons. The molecule has 2 unspecified atom stereocenters. The summed E-state index contributed by atoms with van der Waals surface area (Å²) in [5, 5.41) is 5.09. The van der Waals surface area contributed by atoms with Crippen molar-refractivity contribution < 1.29 is 17.6 Å². The number of piperidine rings is 1. The fourth-order valence-electron chi connectivity index (χ4n) is 3.24. The maximum absolute atomic E-state index is 14.1.